The zero-order valence-corrected chi connectivity index (χ0v) is 37.8. The van der Waals surface area contributed by atoms with Gasteiger partial charge in [-0.3, -0.25) is 28.9 Å². The first kappa shape index (κ1) is 46.9. The summed E-state index contributed by atoms with van der Waals surface area (Å²) < 4.78 is 27.6. The molecule has 17 heteroatoms. The van der Waals surface area contributed by atoms with Gasteiger partial charge in [-0.15, -0.1) is 0 Å². The van der Waals surface area contributed by atoms with Crippen LogP contribution in [0.3, 0.4) is 0 Å². The Labute approximate surface area is 384 Å². The second kappa shape index (κ2) is 21.7. The molecule has 5 N–H and O–H groups in total. The maximum atomic E-state index is 13.3. The molecule has 2 aromatic heterocycles. The minimum atomic E-state index is -0.795. The number of carbonyl (C=O) groups is 5. The van der Waals surface area contributed by atoms with Crippen molar-refractivity contribution in [1.29, 1.82) is 0 Å². The molecule has 0 bridgehead atoms. The smallest absolute Gasteiger partial charge is 0.272 e. The lowest BCUT2D eigenvalue weighted by atomic mass is 10.00. The molecule has 0 spiro atoms. The van der Waals surface area contributed by atoms with Gasteiger partial charge in [-0.25, -0.2) is 0 Å². The number of benzene rings is 3. The number of nitrogens with two attached hydrogens (primary N) is 1. The Kier molecular flexibility index (Phi) is 15.4. The molecule has 0 radical (unpaired) electrons. The number of ether oxygens (including phenoxy) is 4. The number of anilines is 5. The van der Waals surface area contributed by atoms with E-state index in [0.29, 0.717) is 83.7 Å². The molecular formula is C49H58N8O9. The molecule has 0 aliphatic carbocycles. The van der Waals surface area contributed by atoms with E-state index in [9.17, 15) is 24.0 Å². The van der Waals surface area contributed by atoms with Gasteiger partial charge in [0.15, 0.2) is 24.0 Å². The molecule has 2 fully saturated rings. The maximum Gasteiger partial charge on any atom is 0.272 e. The zero-order chi connectivity index (χ0) is 46.7. The average molecular weight is 903 g/mol. The SMILES string of the molecule is COc1cc(C)c(N(C=O)C(OC2CCCCO2)C2CCCCN2C=O)cc1OCCCC(=O)Nc1cc(C(=O)Nc2ccc(-c3cc(C(=O)Nc4ccc(N)cc4)n(C)c3)cc2)n(C)c1. The highest BCUT2D eigenvalue weighted by atomic mass is 16.7. The summed E-state index contributed by atoms with van der Waals surface area (Å²) in [6, 6.07) is 20.8. The fourth-order valence-corrected chi connectivity index (χ4v) is 8.34. The normalized spacial score (nSPS) is 16.5. The van der Waals surface area contributed by atoms with Gasteiger partial charge in [0.1, 0.15) is 11.4 Å². The van der Waals surface area contributed by atoms with E-state index in [4.69, 9.17) is 24.7 Å². The van der Waals surface area contributed by atoms with Crippen molar-refractivity contribution in [2.45, 2.75) is 76.9 Å². The van der Waals surface area contributed by atoms with Gasteiger partial charge in [0.05, 0.1) is 31.1 Å². The molecule has 5 aromatic rings. The molecule has 17 nitrogen and oxygen atoms in total. The first-order chi connectivity index (χ1) is 31.9. The van der Waals surface area contributed by atoms with Gasteiger partial charge in [-0.2, -0.15) is 0 Å². The maximum absolute atomic E-state index is 13.3. The van der Waals surface area contributed by atoms with Crippen molar-refractivity contribution in [3.05, 3.63) is 102 Å². The van der Waals surface area contributed by atoms with Crippen molar-refractivity contribution < 1.29 is 42.9 Å². The van der Waals surface area contributed by atoms with Crippen LogP contribution in [0.1, 0.15) is 77.9 Å². The van der Waals surface area contributed by atoms with Crippen molar-refractivity contribution in [2.24, 2.45) is 14.1 Å². The number of aromatic nitrogens is 2. The van der Waals surface area contributed by atoms with Gasteiger partial charge in [-0.1, -0.05) is 12.1 Å². The van der Waals surface area contributed by atoms with Gasteiger partial charge in [-0.05, 0) is 118 Å². The monoisotopic (exact) mass is 902 g/mol. The van der Waals surface area contributed by atoms with E-state index in [0.717, 1.165) is 55.2 Å². The number of methoxy groups -OCH3 is 1. The van der Waals surface area contributed by atoms with Crippen LogP contribution in [0, 0.1) is 6.92 Å². The molecule has 2 aliphatic rings. The lowest BCUT2D eigenvalue weighted by molar-refractivity contribution is -0.201. The van der Waals surface area contributed by atoms with Gasteiger partial charge in [0.25, 0.3) is 11.8 Å². The van der Waals surface area contributed by atoms with E-state index in [-0.39, 0.29) is 36.8 Å². The lowest BCUT2D eigenvalue weighted by Crippen LogP contribution is -2.56. The third-order valence-electron chi connectivity index (χ3n) is 11.8. The molecule has 66 heavy (non-hydrogen) atoms. The van der Waals surface area contributed by atoms with Crippen LogP contribution in [-0.2, 0) is 38.0 Å². The summed E-state index contributed by atoms with van der Waals surface area (Å²) in [5.41, 5.74) is 11.8. The molecule has 0 saturated carbocycles. The summed E-state index contributed by atoms with van der Waals surface area (Å²) in [7, 11) is 5.05. The summed E-state index contributed by atoms with van der Waals surface area (Å²) in [6.45, 7) is 3.16. The number of amides is 5. The highest BCUT2D eigenvalue weighted by Crippen LogP contribution is 2.38. The Morgan fingerprint density at radius 2 is 1.50 bits per heavy atom. The summed E-state index contributed by atoms with van der Waals surface area (Å²) in [5, 5.41) is 8.66. The summed E-state index contributed by atoms with van der Waals surface area (Å²) >= 11 is 0. The van der Waals surface area contributed by atoms with Crippen LogP contribution in [0.5, 0.6) is 11.5 Å². The first-order valence-electron chi connectivity index (χ1n) is 22.2. The van der Waals surface area contributed by atoms with Crippen molar-refractivity contribution in [3.63, 3.8) is 0 Å². The van der Waals surface area contributed by atoms with Crippen molar-refractivity contribution >= 4 is 59.0 Å². The third-order valence-corrected chi connectivity index (χ3v) is 11.8. The molecule has 5 amide bonds. The fraction of sp³-hybridized carbons (Fsp3) is 0.367. The van der Waals surface area contributed by atoms with Crippen LogP contribution in [0.2, 0.25) is 0 Å². The molecule has 348 valence electrons. The number of nitrogens with one attached hydrogen (secondary N) is 3. The van der Waals surface area contributed by atoms with Crippen molar-refractivity contribution in [2.75, 3.05) is 53.5 Å². The number of likely N-dealkylation sites (tertiary alicyclic amines) is 1. The number of hydrogen-bond donors (Lipinski definition) is 4. The van der Waals surface area contributed by atoms with Gasteiger partial charge >= 0.3 is 0 Å². The fourth-order valence-electron chi connectivity index (χ4n) is 8.34. The average Bonchev–Trinajstić information content (AvgIpc) is 3.90. The minimum absolute atomic E-state index is 0.126. The predicted octanol–water partition coefficient (Wildman–Crippen LogP) is 7.08. The summed E-state index contributed by atoms with van der Waals surface area (Å²) in [5.74, 6) is -0.0417. The minimum Gasteiger partial charge on any atom is -0.493 e. The van der Waals surface area contributed by atoms with E-state index in [1.165, 1.54) is 12.0 Å². The third kappa shape index (κ3) is 11.4. The molecule has 7 rings (SSSR count). The molecule has 4 heterocycles. The second-order valence-corrected chi connectivity index (χ2v) is 16.6. The van der Waals surface area contributed by atoms with E-state index < -0.39 is 12.5 Å². The van der Waals surface area contributed by atoms with E-state index in [2.05, 4.69) is 16.0 Å². The van der Waals surface area contributed by atoms with E-state index >= 15 is 0 Å². The van der Waals surface area contributed by atoms with Crippen LogP contribution in [0.15, 0.2) is 85.2 Å². The Morgan fingerprint density at radius 1 is 0.818 bits per heavy atom. The number of piperidine rings is 1. The molecule has 3 atom stereocenters. The molecule has 3 aromatic carbocycles. The number of hydrogen-bond acceptors (Lipinski definition) is 10. The predicted molar refractivity (Wildman–Crippen MR) is 252 cm³/mol. The number of nitrogen functional groups attached to an aromatic ring is 1. The van der Waals surface area contributed by atoms with Gasteiger partial charge in [0, 0.05) is 74.8 Å². The largest absolute Gasteiger partial charge is 0.493 e. The summed E-state index contributed by atoms with van der Waals surface area (Å²) in [6.07, 6.45) is 9.25. The summed E-state index contributed by atoms with van der Waals surface area (Å²) in [4.78, 5) is 67.7. The Morgan fingerprint density at radius 3 is 2.17 bits per heavy atom. The Balaban J connectivity index is 0.927. The van der Waals surface area contributed by atoms with Crippen LogP contribution in [0.4, 0.5) is 28.4 Å². The lowest BCUT2D eigenvalue weighted by Gasteiger charge is -2.43. The quantitative estimate of drug-likeness (QED) is 0.0287. The second-order valence-electron chi connectivity index (χ2n) is 16.6. The molecule has 3 unspecified atom stereocenters. The number of aryl methyl sites for hydroxylation is 3. The number of nitrogens with zero attached hydrogens (tertiary/aromatic N) is 4. The standard InChI is InChI=1S/C49H58N8O9/c1-32-24-43(63-4)44(27-40(32)57(31-59)49(66-46-12-6-8-22-65-46)39-10-5-7-21-56(39)30-58)64-23-9-11-45(60)51-38-26-42(55(3)29-38)48(62)52-36-17-13-33(14-18-36)34-25-41(54(2)28-34)47(61)53-37-19-15-35(50)16-20-37/h13-20,24-31,39,46,49H,5-12,21-23,50H2,1-4H3,(H,51,60)(H,52,62)(H,53,61). The number of rotatable bonds is 19. The van der Waals surface area contributed by atoms with Crippen molar-refractivity contribution in [1.82, 2.24) is 14.0 Å². The van der Waals surface area contributed by atoms with E-state index in [1.54, 1.807) is 95.0 Å². The Bertz CT molecular complexity index is 2490. The number of carbonyl (C=O) groups excluding carboxylic acids is 5. The topological polar surface area (TPSA) is 201 Å². The van der Waals surface area contributed by atoms with Gasteiger partial charge in [0.2, 0.25) is 18.7 Å². The van der Waals surface area contributed by atoms with Crippen LogP contribution < -0.4 is 36.1 Å². The molecule has 2 aliphatic heterocycles. The Hall–Kier alpha value is -7.11. The highest BCUT2D eigenvalue weighted by molar-refractivity contribution is 6.05. The molecule has 2 saturated heterocycles. The van der Waals surface area contributed by atoms with Crippen LogP contribution >= 0.6 is 0 Å². The zero-order valence-electron chi connectivity index (χ0n) is 37.8. The van der Waals surface area contributed by atoms with Crippen LogP contribution in [0.25, 0.3) is 11.1 Å². The van der Waals surface area contributed by atoms with Crippen LogP contribution in [-0.4, -0.2) is 90.0 Å². The van der Waals surface area contributed by atoms with Gasteiger partial charge < -0.3 is 54.7 Å². The molecular weight excluding hydrogens is 845 g/mol. The highest BCUT2D eigenvalue weighted by Gasteiger charge is 2.38. The van der Waals surface area contributed by atoms with Crippen molar-refractivity contribution in [3.8, 4) is 22.6 Å². The first-order valence-corrected chi connectivity index (χ1v) is 22.2. The van der Waals surface area contributed by atoms with E-state index in [1.807, 2.05) is 25.3 Å².